The molecule has 1 unspecified atom stereocenters. The van der Waals surface area contributed by atoms with Crippen molar-refractivity contribution in [2.75, 3.05) is 0 Å². The standard InChI is InChI=1S/C10H15NOS2/c12-9-8(14-10(13)11-9)6-7-4-2-1-3-5-7/h7-8H,1-6H2,(H,11,12,13). The highest BCUT2D eigenvalue weighted by Crippen LogP contribution is 2.32. The smallest absolute Gasteiger partial charge is 0.238 e. The Bertz CT molecular complexity index is 249. The third kappa shape index (κ3) is 2.48. The van der Waals surface area contributed by atoms with Crippen LogP contribution in [0.5, 0.6) is 0 Å². The largest absolute Gasteiger partial charge is 0.311 e. The van der Waals surface area contributed by atoms with E-state index in [4.69, 9.17) is 12.2 Å². The van der Waals surface area contributed by atoms with E-state index in [0.717, 1.165) is 12.3 Å². The Labute approximate surface area is 94.2 Å². The summed E-state index contributed by atoms with van der Waals surface area (Å²) in [5.74, 6) is 0.887. The molecule has 14 heavy (non-hydrogen) atoms. The highest BCUT2D eigenvalue weighted by Gasteiger charge is 2.31. The van der Waals surface area contributed by atoms with Gasteiger partial charge in [-0.3, -0.25) is 4.79 Å². The summed E-state index contributed by atoms with van der Waals surface area (Å²) in [6.07, 6.45) is 7.69. The summed E-state index contributed by atoms with van der Waals surface area (Å²) in [5, 5.41) is 2.81. The molecule has 1 aliphatic carbocycles. The van der Waals surface area contributed by atoms with E-state index in [1.165, 1.54) is 43.9 Å². The maximum atomic E-state index is 11.4. The van der Waals surface area contributed by atoms with Gasteiger partial charge >= 0.3 is 0 Å². The zero-order valence-corrected chi connectivity index (χ0v) is 9.76. The van der Waals surface area contributed by atoms with Crippen molar-refractivity contribution < 1.29 is 4.79 Å². The Kier molecular flexibility index (Phi) is 3.44. The van der Waals surface area contributed by atoms with Gasteiger partial charge in [0.25, 0.3) is 0 Å². The molecule has 2 nitrogen and oxygen atoms in total. The van der Waals surface area contributed by atoms with Crippen LogP contribution in [0.2, 0.25) is 0 Å². The molecule has 1 saturated heterocycles. The van der Waals surface area contributed by atoms with Crippen molar-refractivity contribution in [3.63, 3.8) is 0 Å². The van der Waals surface area contributed by atoms with Crippen molar-refractivity contribution in [2.24, 2.45) is 5.92 Å². The van der Waals surface area contributed by atoms with Crippen LogP contribution in [0.25, 0.3) is 0 Å². The third-order valence-electron chi connectivity index (χ3n) is 3.04. The molecule has 1 N–H and O–H groups in total. The molecule has 1 atom stereocenters. The molecule has 4 heteroatoms. The maximum absolute atomic E-state index is 11.4. The van der Waals surface area contributed by atoms with Gasteiger partial charge in [-0.15, -0.1) is 0 Å². The van der Waals surface area contributed by atoms with Gasteiger partial charge in [-0.1, -0.05) is 56.1 Å². The fourth-order valence-electron chi connectivity index (χ4n) is 2.27. The summed E-state index contributed by atoms with van der Waals surface area (Å²) in [4.78, 5) is 11.4. The summed E-state index contributed by atoms with van der Waals surface area (Å²) in [6, 6.07) is 0. The molecule has 2 fully saturated rings. The molecule has 0 radical (unpaired) electrons. The van der Waals surface area contributed by atoms with Crippen LogP contribution in [0.1, 0.15) is 38.5 Å². The normalized spacial score (nSPS) is 29.3. The van der Waals surface area contributed by atoms with Crippen LogP contribution >= 0.6 is 24.0 Å². The van der Waals surface area contributed by atoms with Crippen molar-refractivity contribution in [1.29, 1.82) is 0 Å². The molecule has 1 heterocycles. The summed E-state index contributed by atoms with van der Waals surface area (Å²) in [5.41, 5.74) is 0. The lowest BCUT2D eigenvalue weighted by Gasteiger charge is -2.22. The number of amides is 1. The topological polar surface area (TPSA) is 29.1 Å². The van der Waals surface area contributed by atoms with E-state index in [2.05, 4.69) is 5.32 Å². The van der Waals surface area contributed by atoms with Gasteiger partial charge in [0.15, 0.2) is 0 Å². The van der Waals surface area contributed by atoms with E-state index >= 15 is 0 Å². The fraction of sp³-hybridized carbons (Fsp3) is 0.800. The molecule has 0 aromatic carbocycles. The third-order valence-corrected chi connectivity index (χ3v) is 4.44. The SMILES string of the molecule is O=C1NC(=S)SC1CC1CCCCC1. The molecule has 78 valence electrons. The summed E-state index contributed by atoms with van der Waals surface area (Å²) >= 11 is 6.51. The van der Waals surface area contributed by atoms with Gasteiger partial charge in [0.2, 0.25) is 5.91 Å². The Morgan fingerprint density at radius 3 is 2.64 bits per heavy atom. The van der Waals surface area contributed by atoms with Gasteiger partial charge in [0.05, 0.1) is 5.25 Å². The number of rotatable bonds is 2. The highest BCUT2D eigenvalue weighted by atomic mass is 32.2. The molecular weight excluding hydrogens is 214 g/mol. The average Bonchev–Trinajstić information content (AvgIpc) is 2.47. The monoisotopic (exact) mass is 229 g/mol. The van der Waals surface area contributed by atoms with E-state index in [1.807, 2.05) is 0 Å². The first kappa shape index (κ1) is 10.4. The summed E-state index contributed by atoms with van der Waals surface area (Å²) in [6.45, 7) is 0. The molecule has 0 aromatic rings. The second-order valence-corrected chi connectivity index (χ2v) is 6.00. The van der Waals surface area contributed by atoms with E-state index in [0.29, 0.717) is 4.32 Å². The van der Waals surface area contributed by atoms with Gasteiger partial charge < -0.3 is 5.32 Å². The molecular formula is C10H15NOS2. The Morgan fingerprint density at radius 1 is 1.36 bits per heavy atom. The van der Waals surface area contributed by atoms with Crippen LogP contribution in [0.3, 0.4) is 0 Å². The molecule has 0 aromatic heterocycles. The summed E-state index contributed by atoms with van der Waals surface area (Å²) < 4.78 is 0.663. The number of nitrogens with one attached hydrogen (secondary N) is 1. The minimum atomic E-state index is 0.102. The van der Waals surface area contributed by atoms with E-state index in [9.17, 15) is 4.79 Å². The van der Waals surface area contributed by atoms with Crippen LogP contribution in [0.15, 0.2) is 0 Å². The van der Waals surface area contributed by atoms with Gasteiger partial charge in [-0.05, 0) is 12.3 Å². The van der Waals surface area contributed by atoms with Crippen molar-refractivity contribution in [3.8, 4) is 0 Å². The van der Waals surface area contributed by atoms with E-state index in [-0.39, 0.29) is 11.2 Å². The first-order chi connectivity index (χ1) is 6.75. The maximum Gasteiger partial charge on any atom is 0.238 e. The van der Waals surface area contributed by atoms with Crippen molar-refractivity contribution in [2.45, 2.75) is 43.8 Å². The lowest BCUT2D eigenvalue weighted by molar-refractivity contribution is -0.119. The number of thioether (sulfide) groups is 1. The Hall–Kier alpha value is -0.0900. The second kappa shape index (κ2) is 4.62. The second-order valence-electron chi connectivity index (χ2n) is 4.12. The predicted octanol–water partition coefficient (Wildman–Crippen LogP) is 2.47. The van der Waals surface area contributed by atoms with Crippen LogP contribution in [0, 0.1) is 5.92 Å². The molecule has 0 spiro atoms. The number of carbonyl (C=O) groups is 1. The van der Waals surface area contributed by atoms with Crippen molar-refractivity contribution in [3.05, 3.63) is 0 Å². The number of thiocarbonyl (C=S) groups is 1. The fourth-order valence-corrected chi connectivity index (χ4v) is 3.68. The minimum Gasteiger partial charge on any atom is -0.311 e. The quantitative estimate of drug-likeness (QED) is 0.738. The lowest BCUT2D eigenvalue weighted by Crippen LogP contribution is -2.26. The molecule has 0 bridgehead atoms. The van der Waals surface area contributed by atoms with Crippen LogP contribution in [-0.2, 0) is 4.79 Å². The number of carbonyl (C=O) groups excluding carboxylic acids is 1. The first-order valence-electron chi connectivity index (χ1n) is 5.27. The molecule has 2 aliphatic rings. The van der Waals surface area contributed by atoms with Gasteiger partial charge in [-0.2, -0.15) is 0 Å². The number of hydrogen-bond acceptors (Lipinski definition) is 3. The first-order valence-corrected chi connectivity index (χ1v) is 6.56. The lowest BCUT2D eigenvalue weighted by atomic mass is 9.86. The summed E-state index contributed by atoms with van der Waals surface area (Å²) in [7, 11) is 0. The Morgan fingerprint density at radius 2 is 2.07 bits per heavy atom. The molecule has 1 aliphatic heterocycles. The van der Waals surface area contributed by atoms with Crippen molar-refractivity contribution >= 4 is 34.2 Å². The predicted molar refractivity (Wildman–Crippen MR) is 63.3 cm³/mol. The van der Waals surface area contributed by atoms with E-state index in [1.54, 1.807) is 0 Å². The van der Waals surface area contributed by atoms with Crippen molar-refractivity contribution in [1.82, 2.24) is 5.32 Å². The van der Waals surface area contributed by atoms with Crippen LogP contribution < -0.4 is 5.32 Å². The Balaban J connectivity index is 1.84. The van der Waals surface area contributed by atoms with Gasteiger partial charge in [-0.25, -0.2) is 0 Å². The highest BCUT2D eigenvalue weighted by molar-refractivity contribution is 8.24. The minimum absolute atomic E-state index is 0.102. The zero-order valence-electron chi connectivity index (χ0n) is 8.12. The molecule has 1 amide bonds. The molecule has 2 rings (SSSR count). The average molecular weight is 229 g/mol. The molecule has 1 saturated carbocycles. The van der Waals surface area contributed by atoms with E-state index < -0.39 is 0 Å². The van der Waals surface area contributed by atoms with Crippen LogP contribution in [0.4, 0.5) is 0 Å². The van der Waals surface area contributed by atoms with Gasteiger partial charge in [0.1, 0.15) is 4.32 Å². The number of hydrogen-bond donors (Lipinski definition) is 1. The van der Waals surface area contributed by atoms with Gasteiger partial charge in [0, 0.05) is 0 Å². The zero-order chi connectivity index (χ0) is 9.97. The van der Waals surface area contributed by atoms with Crippen LogP contribution in [-0.4, -0.2) is 15.5 Å².